The molecule has 1 amide bonds. The van der Waals surface area contributed by atoms with E-state index in [0.717, 1.165) is 10.2 Å². The normalized spacial score (nSPS) is 10.7. The molecule has 0 aliphatic carbocycles. The molecule has 0 spiro atoms. The van der Waals surface area contributed by atoms with Crippen molar-refractivity contribution in [2.75, 3.05) is 5.32 Å². The molecular weight excluding hydrogens is 274 g/mol. The summed E-state index contributed by atoms with van der Waals surface area (Å²) in [4.78, 5) is 31.0. The first-order valence-electron chi connectivity index (χ1n) is 6.00. The highest BCUT2D eigenvalue weighted by molar-refractivity contribution is 7.22. The summed E-state index contributed by atoms with van der Waals surface area (Å²) < 4.78 is 0.987. The minimum atomic E-state index is -0.453. The Morgan fingerprint density at radius 1 is 1.35 bits per heavy atom. The smallest absolute Gasteiger partial charge is 0.262 e. The van der Waals surface area contributed by atoms with Gasteiger partial charge < -0.3 is 4.98 Å². The number of fused-ring (bicyclic) bond motifs is 1. The van der Waals surface area contributed by atoms with Crippen LogP contribution in [0.1, 0.15) is 16.1 Å². The van der Waals surface area contributed by atoms with Gasteiger partial charge in [0.25, 0.3) is 5.91 Å². The van der Waals surface area contributed by atoms with Gasteiger partial charge in [0.1, 0.15) is 5.56 Å². The molecule has 3 rings (SSSR count). The first-order chi connectivity index (χ1) is 9.63. The van der Waals surface area contributed by atoms with Gasteiger partial charge >= 0.3 is 0 Å². The Labute approximate surface area is 118 Å². The summed E-state index contributed by atoms with van der Waals surface area (Å²) >= 11 is 1.37. The molecule has 2 aromatic heterocycles. The van der Waals surface area contributed by atoms with E-state index in [2.05, 4.69) is 15.3 Å². The number of amides is 1. The molecule has 1 aromatic carbocycles. The zero-order chi connectivity index (χ0) is 14.1. The lowest BCUT2D eigenvalue weighted by atomic mass is 10.2. The molecule has 100 valence electrons. The highest BCUT2D eigenvalue weighted by Gasteiger charge is 2.12. The number of H-pyrrole nitrogens is 1. The van der Waals surface area contributed by atoms with Crippen LogP contribution in [-0.4, -0.2) is 15.9 Å². The predicted octanol–water partition coefficient (Wildman–Crippen LogP) is 2.55. The Hall–Kier alpha value is -2.47. The second-order valence-corrected chi connectivity index (χ2v) is 5.37. The zero-order valence-corrected chi connectivity index (χ0v) is 11.5. The number of para-hydroxylation sites is 1. The summed E-state index contributed by atoms with van der Waals surface area (Å²) in [6.45, 7) is 1.76. The molecule has 20 heavy (non-hydrogen) atoms. The number of benzene rings is 1. The van der Waals surface area contributed by atoms with Crippen molar-refractivity contribution < 1.29 is 4.79 Å². The van der Waals surface area contributed by atoms with Crippen LogP contribution in [0.2, 0.25) is 0 Å². The van der Waals surface area contributed by atoms with Crippen molar-refractivity contribution in [3.05, 3.63) is 58.0 Å². The third-order valence-electron chi connectivity index (χ3n) is 2.82. The summed E-state index contributed by atoms with van der Waals surface area (Å²) in [5, 5.41) is 3.14. The summed E-state index contributed by atoms with van der Waals surface area (Å²) in [6.07, 6.45) is 1.42. The lowest BCUT2D eigenvalue weighted by molar-refractivity contribution is 0.102. The number of carbonyl (C=O) groups is 1. The summed E-state index contributed by atoms with van der Waals surface area (Å²) in [5.41, 5.74) is 1.31. The molecule has 0 atom stereocenters. The second-order valence-electron chi connectivity index (χ2n) is 4.33. The predicted molar refractivity (Wildman–Crippen MR) is 79.4 cm³/mol. The van der Waals surface area contributed by atoms with Gasteiger partial charge in [0.2, 0.25) is 0 Å². The number of thiazole rings is 1. The maximum Gasteiger partial charge on any atom is 0.262 e. The fourth-order valence-corrected chi connectivity index (χ4v) is 2.70. The van der Waals surface area contributed by atoms with Crippen molar-refractivity contribution in [3.8, 4) is 0 Å². The van der Waals surface area contributed by atoms with Crippen molar-refractivity contribution in [2.24, 2.45) is 0 Å². The van der Waals surface area contributed by atoms with E-state index in [1.54, 1.807) is 6.92 Å². The van der Waals surface area contributed by atoms with Crippen LogP contribution in [-0.2, 0) is 0 Å². The van der Waals surface area contributed by atoms with E-state index >= 15 is 0 Å². The Kier molecular flexibility index (Phi) is 3.08. The lowest BCUT2D eigenvalue weighted by Gasteiger charge is -2.01. The van der Waals surface area contributed by atoms with E-state index in [0.29, 0.717) is 10.8 Å². The van der Waals surface area contributed by atoms with Crippen molar-refractivity contribution in [2.45, 2.75) is 6.92 Å². The van der Waals surface area contributed by atoms with Gasteiger partial charge in [0, 0.05) is 18.0 Å². The fourth-order valence-electron chi connectivity index (χ4n) is 1.84. The number of carbonyl (C=O) groups excluding carboxylic acids is 1. The number of rotatable bonds is 2. The molecule has 0 saturated carbocycles. The summed E-state index contributed by atoms with van der Waals surface area (Å²) in [6, 6.07) is 9.00. The molecule has 0 unspecified atom stereocenters. The maximum absolute atomic E-state index is 12.1. The average molecular weight is 285 g/mol. The molecule has 0 fully saturated rings. The Morgan fingerprint density at radius 2 is 2.15 bits per heavy atom. The van der Waals surface area contributed by atoms with Crippen LogP contribution >= 0.6 is 11.3 Å². The summed E-state index contributed by atoms with van der Waals surface area (Å²) in [5.74, 6) is -0.453. The summed E-state index contributed by atoms with van der Waals surface area (Å²) in [7, 11) is 0. The first-order valence-corrected chi connectivity index (χ1v) is 6.81. The molecular formula is C14H11N3O2S. The van der Waals surface area contributed by atoms with Crippen molar-refractivity contribution >= 4 is 32.6 Å². The lowest BCUT2D eigenvalue weighted by Crippen LogP contribution is -2.21. The van der Waals surface area contributed by atoms with Gasteiger partial charge in [-0.1, -0.05) is 23.5 Å². The topological polar surface area (TPSA) is 74.8 Å². The SMILES string of the molecule is Cc1cc(=O)c(C(=O)Nc2nc3ccccc3s2)c[nH]1. The van der Waals surface area contributed by atoms with E-state index in [-0.39, 0.29) is 11.0 Å². The van der Waals surface area contributed by atoms with Crippen LogP contribution < -0.4 is 10.7 Å². The fraction of sp³-hybridized carbons (Fsp3) is 0.0714. The monoisotopic (exact) mass is 285 g/mol. The highest BCUT2D eigenvalue weighted by Crippen LogP contribution is 2.25. The van der Waals surface area contributed by atoms with E-state index in [9.17, 15) is 9.59 Å². The second kappa shape index (κ2) is 4.90. The van der Waals surface area contributed by atoms with Gasteiger partial charge in [0.05, 0.1) is 10.2 Å². The Bertz CT molecular complexity index is 818. The van der Waals surface area contributed by atoms with Crippen LogP contribution in [0.15, 0.2) is 41.3 Å². The number of anilines is 1. The van der Waals surface area contributed by atoms with Crippen LogP contribution in [0, 0.1) is 6.92 Å². The van der Waals surface area contributed by atoms with Crippen LogP contribution in [0.4, 0.5) is 5.13 Å². The third kappa shape index (κ3) is 2.33. The number of hydrogen-bond donors (Lipinski definition) is 2. The molecule has 0 bridgehead atoms. The highest BCUT2D eigenvalue weighted by atomic mass is 32.1. The molecule has 0 aliphatic rings. The van der Waals surface area contributed by atoms with Crippen LogP contribution in [0.3, 0.4) is 0 Å². The molecule has 3 aromatic rings. The largest absolute Gasteiger partial charge is 0.364 e. The molecule has 2 heterocycles. The first kappa shape index (κ1) is 12.6. The van der Waals surface area contributed by atoms with Crippen molar-refractivity contribution in [1.29, 1.82) is 0 Å². The minimum Gasteiger partial charge on any atom is -0.364 e. The molecule has 0 aliphatic heterocycles. The third-order valence-corrected chi connectivity index (χ3v) is 3.77. The van der Waals surface area contributed by atoms with Crippen molar-refractivity contribution in [1.82, 2.24) is 9.97 Å². The molecule has 6 heteroatoms. The van der Waals surface area contributed by atoms with E-state index in [1.165, 1.54) is 23.6 Å². The Morgan fingerprint density at radius 3 is 2.90 bits per heavy atom. The number of nitrogens with zero attached hydrogens (tertiary/aromatic N) is 1. The van der Waals surface area contributed by atoms with Crippen LogP contribution in [0.5, 0.6) is 0 Å². The van der Waals surface area contributed by atoms with Crippen LogP contribution in [0.25, 0.3) is 10.2 Å². The number of aryl methyl sites for hydroxylation is 1. The van der Waals surface area contributed by atoms with Crippen molar-refractivity contribution in [3.63, 3.8) is 0 Å². The minimum absolute atomic E-state index is 0.0786. The van der Waals surface area contributed by atoms with Gasteiger partial charge in [-0.05, 0) is 19.1 Å². The molecule has 0 radical (unpaired) electrons. The van der Waals surface area contributed by atoms with Gasteiger partial charge in [-0.25, -0.2) is 4.98 Å². The number of pyridine rings is 1. The standard InChI is InChI=1S/C14H11N3O2S/c1-8-6-11(18)9(7-15-8)13(19)17-14-16-10-4-2-3-5-12(10)20-14/h2-7H,1H3,(H,15,18)(H,16,17,19). The zero-order valence-electron chi connectivity index (χ0n) is 10.6. The number of aromatic nitrogens is 2. The molecule has 5 nitrogen and oxygen atoms in total. The van der Waals surface area contributed by atoms with E-state index in [4.69, 9.17) is 0 Å². The Balaban J connectivity index is 1.90. The number of hydrogen-bond acceptors (Lipinski definition) is 4. The molecule has 0 saturated heterocycles. The van der Waals surface area contributed by atoms with Gasteiger partial charge in [0.15, 0.2) is 10.6 Å². The maximum atomic E-state index is 12.1. The van der Waals surface area contributed by atoms with E-state index in [1.807, 2.05) is 24.3 Å². The number of nitrogens with one attached hydrogen (secondary N) is 2. The average Bonchev–Trinajstić information content (AvgIpc) is 2.80. The number of aromatic amines is 1. The quantitative estimate of drug-likeness (QED) is 0.759. The molecule has 2 N–H and O–H groups in total. The van der Waals surface area contributed by atoms with Gasteiger partial charge in [-0.3, -0.25) is 14.9 Å². The van der Waals surface area contributed by atoms with Gasteiger partial charge in [-0.15, -0.1) is 0 Å². The van der Waals surface area contributed by atoms with Gasteiger partial charge in [-0.2, -0.15) is 0 Å². The van der Waals surface area contributed by atoms with E-state index < -0.39 is 5.91 Å².